The summed E-state index contributed by atoms with van der Waals surface area (Å²) in [4.78, 5) is 35.4. The van der Waals surface area contributed by atoms with E-state index in [1.165, 1.54) is 0 Å². The van der Waals surface area contributed by atoms with E-state index in [0.29, 0.717) is 12.8 Å². The van der Waals surface area contributed by atoms with Gasteiger partial charge in [0, 0.05) is 29.3 Å². The highest BCUT2D eigenvalue weighted by atomic mass is 32.2. The minimum Gasteiger partial charge on any atom is -0.362 e. The Bertz CT molecular complexity index is 802. The molecule has 0 saturated heterocycles. The lowest BCUT2D eigenvalue weighted by Gasteiger charge is -2.22. The van der Waals surface area contributed by atoms with Crippen LogP contribution in [0, 0.1) is 16.0 Å². The van der Waals surface area contributed by atoms with Crippen molar-refractivity contribution in [3.05, 3.63) is 44.9 Å². The topological polar surface area (TPSA) is 121 Å². The fourth-order valence-corrected chi connectivity index (χ4v) is 3.60. The molecule has 2 unspecified atom stereocenters. The lowest BCUT2D eigenvalue weighted by atomic mass is 9.88. The number of carbonyl (C=O) groups is 2. The number of carbonyl (C=O) groups excluding carboxylic acids is 2. The SMILES string of the molecule is C=C1C(S(C)(=O)=O)=CC=C(C(=O)C(OCC)C(=O)C2CC2)C1[N+](=O)[O-]. The third-order valence-electron chi connectivity index (χ3n) is 4.06. The maximum atomic E-state index is 12.7. The van der Waals surface area contributed by atoms with Crippen LogP contribution in [0.2, 0.25) is 0 Å². The zero-order valence-electron chi connectivity index (χ0n) is 13.9. The molecule has 8 nitrogen and oxygen atoms in total. The van der Waals surface area contributed by atoms with Gasteiger partial charge in [-0.05, 0) is 31.9 Å². The Morgan fingerprint density at radius 1 is 1.40 bits per heavy atom. The fourth-order valence-electron chi connectivity index (χ4n) is 2.69. The van der Waals surface area contributed by atoms with Gasteiger partial charge < -0.3 is 4.74 Å². The number of hydrogen-bond acceptors (Lipinski definition) is 7. The number of rotatable bonds is 8. The van der Waals surface area contributed by atoms with Crippen molar-refractivity contribution in [1.29, 1.82) is 0 Å². The summed E-state index contributed by atoms with van der Waals surface area (Å²) in [5, 5.41) is 11.5. The minimum absolute atomic E-state index is 0.0939. The van der Waals surface area contributed by atoms with Gasteiger partial charge in [-0.1, -0.05) is 6.58 Å². The van der Waals surface area contributed by atoms with Crippen molar-refractivity contribution in [3.63, 3.8) is 0 Å². The normalized spacial score (nSPS) is 22.0. The molecule has 0 N–H and O–H groups in total. The molecule has 25 heavy (non-hydrogen) atoms. The van der Waals surface area contributed by atoms with E-state index in [-0.39, 0.29) is 28.6 Å². The second kappa shape index (κ2) is 7.01. The molecule has 1 fully saturated rings. The third kappa shape index (κ3) is 3.93. The number of hydrogen-bond donors (Lipinski definition) is 0. The number of sulfone groups is 1. The van der Waals surface area contributed by atoms with Gasteiger partial charge in [0.1, 0.15) is 0 Å². The van der Waals surface area contributed by atoms with Crippen molar-refractivity contribution in [1.82, 2.24) is 0 Å². The summed E-state index contributed by atoms with van der Waals surface area (Å²) in [6, 6.07) is -1.72. The van der Waals surface area contributed by atoms with Crippen LogP contribution in [0.3, 0.4) is 0 Å². The smallest absolute Gasteiger partial charge is 0.267 e. The predicted octanol–water partition coefficient (Wildman–Crippen LogP) is 1.01. The highest BCUT2D eigenvalue weighted by Crippen LogP contribution is 2.34. The average Bonchev–Trinajstić information content (AvgIpc) is 3.34. The molecule has 0 aromatic carbocycles. The van der Waals surface area contributed by atoms with Crippen molar-refractivity contribution in [3.8, 4) is 0 Å². The lowest BCUT2D eigenvalue weighted by Crippen LogP contribution is -2.41. The summed E-state index contributed by atoms with van der Waals surface area (Å²) in [6.45, 7) is 5.19. The molecule has 1 saturated carbocycles. The molecule has 2 aliphatic rings. The summed E-state index contributed by atoms with van der Waals surface area (Å²) in [7, 11) is -3.74. The molecule has 0 heterocycles. The quantitative estimate of drug-likeness (QED) is 0.355. The van der Waals surface area contributed by atoms with Crippen LogP contribution in [0.15, 0.2) is 34.8 Å². The van der Waals surface area contributed by atoms with Crippen LogP contribution in [0.5, 0.6) is 0 Å². The highest BCUT2D eigenvalue weighted by Gasteiger charge is 2.45. The van der Waals surface area contributed by atoms with Gasteiger partial charge in [-0.2, -0.15) is 0 Å². The molecule has 0 aromatic heterocycles. The van der Waals surface area contributed by atoms with E-state index < -0.39 is 38.5 Å². The Hall–Kier alpha value is -2.13. The summed E-state index contributed by atoms with van der Waals surface area (Å²) in [5.74, 6) is -1.46. The first-order valence-corrected chi connectivity index (χ1v) is 9.62. The van der Waals surface area contributed by atoms with Crippen LogP contribution >= 0.6 is 0 Å². The molecule has 0 amide bonds. The van der Waals surface area contributed by atoms with Gasteiger partial charge in [-0.15, -0.1) is 0 Å². The van der Waals surface area contributed by atoms with E-state index in [4.69, 9.17) is 4.74 Å². The van der Waals surface area contributed by atoms with Gasteiger partial charge in [-0.3, -0.25) is 19.7 Å². The number of ether oxygens (including phenoxy) is 1. The molecule has 0 aliphatic heterocycles. The van der Waals surface area contributed by atoms with Crippen molar-refractivity contribution >= 4 is 21.4 Å². The van der Waals surface area contributed by atoms with Crippen LogP contribution in [-0.4, -0.2) is 49.9 Å². The molecular weight excluding hydrogens is 350 g/mol. The van der Waals surface area contributed by atoms with E-state index in [9.17, 15) is 28.1 Å². The van der Waals surface area contributed by atoms with E-state index >= 15 is 0 Å². The molecule has 136 valence electrons. The summed E-state index contributed by atoms with van der Waals surface area (Å²) >= 11 is 0. The van der Waals surface area contributed by atoms with Crippen LogP contribution in [0.1, 0.15) is 19.8 Å². The molecule has 9 heteroatoms. The highest BCUT2D eigenvalue weighted by molar-refractivity contribution is 7.94. The Kier molecular flexibility index (Phi) is 5.38. The van der Waals surface area contributed by atoms with Crippen LogP contribution in [-0.2, 0) is 24.2 Å². The Morgan fingerprint density at radius 2 is 2.00 bits per heavy atom. The van der Waals surface area contributed by atoms with E-state index in [1.54, 1.807) is 6.92 Å². The second-order valence-corrected chi connectivity index (χ2v) is 8.00. The molecule has 0 radical (unpaired) electrons. The fraction of sp³-hybridized carbons (Fsp3) is 0.500. The van der Waals surface area contributed by atoms with Crippen LogP contribution in [0.4, 0.5) is 0 Å². The second-order valence-electron chi connectivity index (χ2n) is 6.01. The van der Waals surface area contributed by atoms with Gasteiger partial charge in [0.15, 0.2) is 21.7 Å². The summed E-state index contributed by atoms with van der Waals surface area (Å²) in [6.07, 6.45) is 3.01. The first kappa shape index (κ1) is 19.2. The number of allylic oxidation sites excluding steroid dienone is 2. The maximum Gasteiger partial charge on any atom is 0.267 e. The predicted molar refractivity (Wildman–Crippen MR) is 89.1 cm³/mol. The summed E-state index contributed by atoms with van der Waals surface area (Å²) in [5.41, 5.74) is -0.595. The average molecular weight is 369 g/mol. The standard InChI is InChI=1S/C16H19NO7S/c1-4-24-16(14(18)10-5-6-10)15(19)11-7-8-12(25(3,22)23)9(2)13(11)17(20)21/h7-8,10,13,16H,2,4-6H2,1,3H3. The monoisotopic (exact) mass is 369 g/mol. The zero-order valence-corrected chi connectivity index (χ0v) is 14.7. The number of nitrogens with zero attached hydrogens (tertiary/aromatic N) is 1. The van der Waals surface area contributed by atoms with Gasteiger partial charge in [-0.25, -0.2) is 8.42 Å². The Morgan fingerprint density at radius 3 is 2.44 bits per heavy atom. The van der Waals surface area contributed by atoms with E-state index in [0.717, 1.165) is 18.4 Å². The molecule has 2 atom stereocenters. The molecule has 2 aliphatic carbocycles. The first-order chi connectivity index (χ1) is 11.6. The molecule has 2 rings (SSSR count). The Labute approximate surface area is 145 Å². The van der Waals surface area contributed by atoms with Crippen LogP contribution in [0.25, 0.3) is 0 Å². The van der Waals surface area contributed by atoms with Gasteiger partial charge in [0.05, 0.1) is 10.5 Å². The minimum atomic E-state index is -3.74. The third-order valence-corrected chi connectivity index (χ3v) is 5.26. The van der Waals surface area contributed by atoms with Gasteiger partial charge in [0.25, 0.3) is 6.04 Å². The van der Waals surface area contributed by atoms with Crippen molar-refractivity contribution in [2.45, 2.75) is 31.9 Å². The maximum absolute atomic E-state index is 12.7. The molecular formula is C16H19NO7S. The van der Waals surface area contributed by atoms with Crippen molar-refractivity contribution in [2.24, 2.45) is 5.92 Å². The molecule has 0 spiro atoms. The first-order valence-electron chi connectivity index (χ1n) is 7.73. The summed E-state index contributed by atoms with van der Waals surface area (Å²) < 4.78 is 28.7. The van der Waals surface area contributed by atoms with Crippen molar-refractivity contribution in [2.75, 3.05) is 12.9 Å². The number of nitro groups is 1. The van der Waals surface area contributed by atoms with Crippen LogP contribution < -0.4 is 0 Å². The largest absolute Gasteiger partial charge is 0.362 e. The van der Waals surface area contributed by atoms with E-state index in [1.807, 2.05) is 0 Å². The van der Waals surface area contributed by atoms with Gasteiger partial charge >= 0.3 is 0 Å². The number of Topliss-reactive ketones (excluding diaryl/α,β-unsaturated/α-hetero) is 2. The lowest BCUT2D eigenvalue weighted by molar-refractivity contribution is -0.500. The van der Waals surface area contributed by atoms with E-state index in [2.05, 4.69) is 6.58 Å². The van der Waals surface area contributed by atoms with Crippen molar-refractivity contribution < 1.29 is 27.7 Å². The number of ketones is 2. The Balaban J connectivity index is 2.45. The molecule has 0 bridgehead atoms. The molecule has 0 aromatic rings. The zero-order chi connectivity index (χ0) is 18.9. The van der Waals surface area contributed by atoms with Gasteiger partial charge in [0.2, 0.25) is 5.78 Å².